The number of methoxy groups -OCH3 is 2. The lowest BCUT2D eigenvalue weighted by Crippen LogP contribution is -2.52. The summed E-state index contributed by atoms with van der Waals surface area (Å²) >= 11 is 0. The van der Waals surface area contributed by atoms with Crippen molar-refractivity contribution in [3.63, 3.8) is 0 Å². The van der Waals surface area contributed by atoms with Gasteiger partial charge in [0.1, 0.15) is 24.1 Å². The molecule has 0 aliphatic heterocycles. The van der Waals surface area contributed by atoms with E-state index in [0.717, 1.165) is 41.1 Å². The fraction of sp³-hybridized carbons (Fsp3) is 0.375. The van der Waals surface area contributed by atoms with E-state index in [0.29, 0.717) is 11.5 Å². The van der Waals surface area contributed by atoms with Gasteiger partial charge in [-0.25, -0.2) is 8.42 Å². The molecule has 10 heteroatoms. The van der Waals surface area contributed by atoms with Gasteiger partial charge < -0.3 is 19.7 Å². The van der Waals surface area contributed by atoms with Crippen molar-refractivity contribution in [3.05, 3.63) is 83.9 Å². The van der Waals surface area contributed by atoms with Gasteiger partial charge in [-0.2, -0.15) is 0 Å². The average molecular weight is 594 g/mol. The number of benzene rings is 3. The van der Waals surface area contributed by atoms with Crippen LogP contribution in [0.1, 0.15) is 43.7 Å². The zero-order valence-corrected chi connectivity index (χ0v) is 25.4. The highest BCUT2D eigenvalue weighted by molar-refractivity contribution is 7.92. The van der Waals surface area contributed by atoms with Crippen molar-refractivity contribution in [2.45, 2.75) is 63.1 Å². The smallest absolute Gasteiger partial charge is 0.264 e. The molecule has 0 unspecified atom stereocenters. The van der Waals surface area contributed by atoms with E-state index in [9.17, 15) is 18.0 Å². The molecule has 3 aromatic rings. The molecule has 0 heterocycles. The number of hydrogen-bond acceptors (Lipinski definition) is 6. The van der Waals surface area contributed by atoms with Crippen molar-refractivity contribution in [2.75, 3.05) is 25.1 Å². The Morgan fingerprint density at radius 1 is 0.952 bits per heavy atom. The molecule has 1 fully saturated rings. The number of rotatable bonds is 12. The zero-order valence-electron chi connectivity index (χ0n) is 24.6. The molecule has 1 saturated carbocycles. The number of nitrogens with one attached hydrogen (secondary N) is 1. The minimum atomic E-state index is -4.19. The second-order valence-electron chi connectivity index (χ2n) is 10.5. The fourth-order valence-corrected chi connectivity index (χ4v) is 6.61. The van der Waals surface area contributed by atoms with Gasteiger partial charge in [0, 0.05) is 12.6 Å². The standard InChI is InChI=1S/C32H39N3O6S/c1-23-17-18-30(41-4)29(19-23)35(42(38,39)28-15-6-5-7-16-28)22-31(36)34(21-25-11-10-14-27(20-25)40-3)24(2)32(37)33-26-12-8-9-13-26/h5-7,10-11,14-20,24,26H,8-9,12-13,21-22H2,1-4H3,(H,33,37)/t24-/m0/s1. The molecule has 224 valence electrons. The number of amides is 2. The van der Waals surface area contributed by atoms with Crippen LogP contribution in [0.4, 0.5) is 5.69 Å². The van der Waals surface area contributed by atoms with Gasteiger partial charge in [0.05, 0.1) is 24.8 Å². The second-order valence-corrected chi connectivity index (χ2v) is 12.4. The SMILES string of the molecule is COc1cccc(CN(C(=O)CN(c2cc(C)ccc2OC)S(=O)(=O)c2ccccc2)[C@@H](C)C(=O)NC2CCCC2)c1. The first-order valence-electron chi connectivity index (χ1n) is 14.1. The van der Waals surface area contributed by atoms with Crippen LogP contribution < -0.4 is 19.1 Å². The summed E-state index contributed by atoms with van der Waals surface area (Å²) < 4.78 is 40.1. The van der Waals surface area contributed by atoms with E-state index >= 15 is 0 Å². The van der Waals surface area contributed by atoms with Gasteiger partial charge in [-0.3, -0.25) is 13.9 Å². The third-order valence-electron chi connectivity index (χ3n) is 7.57. The summed E-state index contributed by atoms with van der Waals surface area (Å²) in [6.45, 7) is 3.05. The maximum atomic E-state index is 14.2. The zero-order chi connectivity index (χ0) is 30.3. The first-order chi connectivity index (χ1) is 20.1. The summed E-state index contributed by atoms with van der Waals surface area (Å²) in [5, 5.41) is 3.08. The van der Waals surface area contributed by atoms with Gasteiger partial charge in [-0.1, -0.05) is 49.2 Å². The Hall–Kier alpha value is -4.05. The van der Waals surface area contributed by atoms with Gasteiger partial charge in [0.2, 0.25) is 11.8 Å². The van der Waals surface area contributed by atoms with E-state index in [4.69, 9.17) is 9.47 Å². The molecule has 1 aliphatic carbocycles. The van der Waals surface area contributed by atoms with Crippen LogP contribution in [0.2, 0.25) is 0 Å². The first kappa shape index (κ1) is 30.9. The van der Waals surface area contributed by atoms with Crippen LogP contribution in [0.3, 0.4) is 0 Å². The van der Waals surface area contributed by atoms with E-state index in [-0.39, 0.29) is 29.1 Å². The summed E-state index contributed by atoms with van der Waals surface area (Å²) in [4.78, 5) is 29.1. The molecule has 4 rings (SSSR count). The lowest BCUT2D eigenvalue weighted by molar-refractivity contribution is -0.139. The topological polar surface area (TPSA) is 105 Å². The quantitative estimate of drug-likeness (QED) is 0.327. The molecule has 3 aromatic carbocycles. The molecule has 2 amide bonds. The number of hydrogen-bond donors (Lipinski definition) is 1. The molecular formula is C32H39N3O6S. The summed E-state index contributed by atoms with van der Waals surface area (Å²) in [5.74, 6) is 0.110. The van der Waals surface area contributed by atoms with E-state index in [2.05, 4.69) is 5.32 Å². The van der Waals surface area contributed by atoms with E-state index < -0.39 is 28.5 Å². The molecule has 1 atom stereocenters. The molecule has 0 saturated heterocycles. The van der Waals surface area contributed by atoms with Crippen LogP contribution in [0, 0.1) is 6.92 Å². The number of carbonyl (C=O) groups is 2. The van der Waals surface area contributed by atoms with E-state index in [1.54, 1.807) is 56.5 Å². The molecule has 1 aliphatic rings. The van der Waals surface area contributed by atoms with Crippen LogP contribution >= 0.6 is 0 Å². The Bertz CT molecular complexity index is 1490. The largest absolute Gasteiger partial charge is 0.497 e. The molecular weight excluding hydrogens is 554 g/mol. The highest BCUT2D eigenvalue weighted by atomic mass is 32.2. The molecule has 42 heavy (non-hydrogen) atoms. The molecule has 0 radical (unpaired) electrons. The minimum absolute atomic E-state index is 0.0349. The lowest BCUT2D eigenvalue weighted by atomic mass is 10.1. The van der Waals surface area contributed by atoms with Crippen molar-refractivity contribution < 1.29 is 27.5 Å². The lowest BCUT2D eigenvalue weighted by Gasteiger charge is -2.33. The predicted molar refractivity (Wildman–Crippen MR) is 162 cm³/mol. The number of aryl methyl sites for hydroxylation is 1. The predicted octanol–water partition coefficient (Wildman–Crippen LogP) is 4.68. The van der Waals surface area contributed by atoms with Crippen LogP contribution in [0.15, 0.2) is 77.7 Å². The van der Waals surface area contributed by atoms with Crippen LogP contribution in [0.25, 0.3) is 0 Å². The molecule has 9 nitrogen and oxygen atoms in total. The fourth-order valence-electron chi connectivity index (χ4n) is 5.17. The van der Waals surface area contributed by atoms with Crippen molar-refractivity contribution in [2.24, 2.45) is 0 Å². The van der Waals surface area contributed by atoms with Crippen LogP contribution in [-0.4, -0.2) is 58.0 Å². The Kier molecular flexibility index (Phi) is 10.1. The van der Waals surface area contributed by atoms with Gasteiger partial charge in [-0.15, -0.1) is 0 Å². The first-order valence-corrected chi connectivity index (χ1v) is 15.5. The van der Waals surface area contributed by atoms with Crippen LogP contribution in [0.5, 0.6) is 11.5 Å². The summed E-state index contributed by atoms with van der Waals surface area (Å²) in [7, 11) is -1.19. The summed E-state index contributed by atoms with van der Waals surface area (Å²) in [6, 6.07) is 19.6. The molecule has 0 bridgehead atoms. The molecule has 0 aromatic heterocycles. The normalized spacial score (nSPS) is 14.2. The van der Waals surface area contributed by atoms with Crippen LogP contribution in [-0.2, 0) is 26.2 Å². The van der Waals surface area contributed by atoms with Gasteiger partial charge in [0.15, 0.2) is 0 Å². The number of sulfonamides is 1. The second kappa shape index (κ2) is 13.7. The van der Waals surface area contributed by atoms with Crippen molar-refractivity contribution in [1.29, 1.82) is 0 Å². The van der Waals surface area contributed by atoms with Gasteiger partial charge in [-0.05, 0) is 74.2 Å². The Morgan fingerprint density at radius 3 is 2.33 bits per heavy atom. The van der Waals surface area contributed by atoms with E-state index in [1.165, 1.54) is 24.1 Å². The van der Waals surface area contributed by atoms with Crippen molar-refractivity contribution in [3.8, 4) is 11.5 Å². The Balaban J connectivity index is 1.73. The Labute approximate surface area is 248 Å². The number of nitrogens with zero attached hydrogens (tertiary/aromatic N) is 2. The van der Waals surface area contributed by atoms with Gasteiger partial charge in [0.25, 0.3) is 10.0 Å². The maximum absolute atomic E-state index is 14.2. The van der Waals surface area contributed by atoms with Crippen molar-refractivity contribution >= 4 is 27.5 Å². The summed E-state index contributed by atoms with van der Waals surface area (Å²) in [5.41, 5.74) is 1.77. The number of anilines is 1. The molecule has 1 N–H and O–H groups in total. The molecule has 0 spiro atoms. The maximum Gasteiger partial charge on any atom is 0.264 e. The highest BCUT2D eigenvalue weighted by Crippen LogP contribution is 2.34. The van der Waals surface area contributed by atoms with Crippen molar-refractivity contribution in [1.82, 2.24) is 10.2 Å². The van der Waals surface area contributed by atoms with Gasteiger partial charge >= 0.3 is 0 Å². The summed E-state index contributed by atoms with van der Waals surface area (Å²) in [6.07, 6.45) is 3.91. The minimum Gasteiger partial charge on any atom is -0.497 e. The van der Waals surface area contributed by atoms with E-state index in [1.807, 2.05) is 25.1 Å². The third kappa shape index (κ3) is 7.23. The Morgan fingerprint density at radius 2 is 1.67 bits per heavy atom. The number of carbonyl (C=O) groups excluding carboxylic acids is 2. The average Bonchev–Trinajstić information content (AvgIpc) is 3.51. The highest BCUT2D eigenvalue weighted by Gasteiger charge is 2.34. The monoisotopic (exact) mass is 593 g/mol. The number of ether oxygens (including phenoxy) is 2. The third-order valence-corrected chi connectivity index (χ3v) is 9.34.